The lowest BCUT2D eigenvalue weighted by molar-refractivity contribution is 0.0965. The van der Waals surface area contributed by atoms with Crippen molar-refractivity contribution in [1.29, 1.82) is 5.26 Å². The molecule has 0 spiro atoms. The molecule has 1 fully saturated rings. The smallest absolute Gasteiger partial charge is 0.122 e. The highest BCUT2D eigenvalue weighted by Gasteiger charge is 2.46. The summed E-state index contributed by atoms with van der Waals surface area (Å²) in [6.45, 7) is 6.82. The van der Waals surface area contributed by atoms with Crippen LogP contribution in [0, 0.1) is 17.2 Å². The molecule has 0 heterocycles. The Balaban J connectivity index is 2.64. The highest BCUT2D eigenvalue weighted by Crippen LogP contribution is 2.40. The first-order chi connectivity index (χ1) is 9.72. The Hall–Kier alpha value is -0.670. The van der Waals surface area contributed by atoms with Gasteiger partial charge in [0.1, 0.15) is 5.54 Å². The first kappa shape index (κ1) is 17.4. The van der Waals surface area contributed by atoms with Crippen LogP contribution in [0.15, 0.2) is 0 Å². The minimum absolute atomic E-state index is 0.405. The quantitative estimate of drug-likeness (QED) is 0.584. The lowest BCUT2D eigenvalue weighted by Crippen LogP contribution is -2.55. The molecule has 0 aromatic carbocycles. The number of hydrogen-bond donors (Lipinski definition) is 1. The topological polar surface area (TPSA) is 57.5 Å². The summed E-state index contributed by atoms with van der Waals surface area (Å²) < 4.78 is 10.3. The molecule has 1 aliphatic rings. The minimum Gasteiger partial charge on any atom is -0.383 e. The molecule has 5 nitrogen and oxygen atoms in total. The van der Waals surface area contributed by atoms with Gasteiger partial charge in [0.25, 0.3) is 0 Å². The van der Waals surface area contributed by atoms with Crippen LogP contribution in [0.3, 0.4) is 0 Å². The van der Waals surface area contributed by atoms with Crippen molar-refractivity contribution in [3.05, 3.63) is 0 Å². The fraction of sp³-hybridized carbons (Fsp3) is 0.933. The zero-order valence-electron chi connectivity index (χ0n) is 13.2. The van der Waals surface area contributed by atoms with Crippen LogP contribution in [0.4, 0.5) is 0 Å². The number of nitrogens with one attached hydrogen (secondary N) is 1. The number of methoxy groups -OCH3 is 2. The van der Waals surface area contributed by atoms with Gasteiger partial charge in [0.05, 0.1) is 19.3 Å². The van der Waals surface area contributed by atoms with Crippen LogP contribution in [0.5, 0.6) is 0 Å². The Morgan fingerprint density at radius 3 is 2.25 bits per heavy atom. The highest BCUT2D eigenvalue weighted by atomic mass is 16.5. The lowest BCUT2D eigenvalue weighted by Gasteiger charge is -2.34. The van der Waals surface area contributed by atoms with Gasteiger partial charge in [0, 0.05) is 33.9 Å². The molecule has 1 rings (SSSR count). The largest absolute Gasteiger partial charge is 0.383 e. The van der Waals surface area contributed by atoms with E-state index < -0.39 is 5.54 Å². The van der Waals surface area contributed by atoms with Crippen LogP contribution in [-0.4, -0.2) is 64.1 Å². The summed E-state index contributed by atoms with van der Waals surface area (Å²) >= 11 is 0. The van der Waals surface area contributed by atoms with Crippen molar-refractivity contribution in [2.45, 2.75) is 31.7 Å². The van der Waals surface area contributed by atoms with E-state index in [1.807, 2.05) is 0 Å². The third-order valence-corrected chi connectivity index (χ3v) is 3.86. The van der Waals surface area contributed by atoms with Crippen molar-refractivity contribution < 1.29 is 9.47 Å². The van der Waals surface area contributed by atoms with Gasteiger partial charge in [-0.3, -0.25) is 10.2 Å². The molecule has 1 unspecified atom stereocenters. The van der Waals surface area contributed by atoms with Crippen LogP contribution in [0.1, 0.15) is 26.2 Å². The van der Waals surface area contributed by atoms with Gasteiger partial charge in [-0.2, -0.15) is 5.26 Å². The second-order valence-electron chi connectivity index (χ2n) is 5.55. The predicted molar refractivity (Wildman–Crippen MR) is 79.6 cm³/mol. The number of rotatable bonds is 12. The van der Waals surface area contributed by atoms with Crippen molar-refractivity contribution in [2.75, 3.05) is 53.6 Å². The number of ether oxygens (including phenoxy) is 2. The van der Waals surface area contributed by atoms with Crippen molar-refractivity contribution >= 4 is 0 Å². The highest BCUT2D eigenvalue weighted by molar-refractivity contribution is 5.16. The van der Waals surface area contributed by atoms with E-state index in [2.05, 4.69) is 23.2 Å². The summed E-state index contributed by atoms with van der Waals surface area (Å²) in [5.41, 5.74) is -0.405. The number of nitriles is 1. The Morgan fingerprint density at radius 1 is 1.25 bits per heavy atom. The molecule has 0 aromatic rings. The van der Waals surface area contributed by atoms with Gasteiger partial charge >= 0.3 is 0 Å². The molecule has 0 amide bonds. The predicted octanol–water partition coefficient (Wildman–Crippen LogP) is 1.25. The molecule has 0 radical (unpaired) electrons. The zero-order valence-corrected chi connectivity index (χ0v) is 13.2. The van der Waals surface area contributed by atoms with Gasteiger partial charge in [-0.05, 0) is 31.7 Å². The summed E-state index contributed by atoms with van der Waals surface area (Å²) in [5, 5.41) is 13.2. The van der Waals surface area contributed by atoms with E-state index in [9.17, 15) is 5.26 Å². The van der Waals surface area contributed by atoms with Crippen LogP contribution in [-0.2, 0) is 9.47 Å². The van der Waals surface area contributed by atoms with Crippen molar-refractivity contribution in [1.82, 2.24) is 10.2 Å². The Labute approximate surface area is 123 Å². The van der Waals surface area contributed by atoms with E-state index in [0.717, 1.165) is 45.4 Å². The summed E-state index contributed by atoms with van der Waals surface area (Å²) in [5.74, 6) is 0.492. The van der Waals surface area contributed by atoms with Crippen molar-refractivity contribution in [2.24, 2.45) is 5.92 Å². The summed E-state index contributed by atoms with van der Waals surface area (Å²) in [6, 6.07) is 2.56. The lowest BCUT2D eigenvalue weighted by atomic mass is 9.93. The fourth-order valence-electron chi connectivity index (χ4n) is 2.48. The van der Waals surface area contributed by atoms with Gasteiger partial charge < -0.3 is 9.47 Å². The number of hydrogen-bond acceptors (Lipinski definition) is 5. The van der Waals surface area contributed by atoms with Gasteiger partial charge in [-0.25, -0.2) is 0 Å². The third-order valence-electron chi connectivity index (χ3n) is 3.86. The van der Waals surface area contributed by atoms with E-state index in [0.29, 0.717) is 19.1 Å². The molecule has 0 aromatic heterocycles. The van der Waals surface area contributed by atoms with E-state index in [-0.39, 0.29) is 0 Å². The molecule has 1 aliphatic carbocycles. The first-order valence-electron chi connectivity index (χ1n) is 7.59. The van der Waals surface area contributed by atoms with Crippen LogP contribution in [0.25, 0.3) is 0 Å². The Morgan fingerprint density at radius 2 is 1.85 bits per heavy atom. The maximum Gasteiger partial charge on any atom is 0.122 e. The van der Waals surface area contributed by atoms with E-state index >= 15 is 0 Å². The summed E-state index contributed by atoms with van der Waals surface area (Å²) in [6.07, 6.45) is 3.37. The average Bonchev–Trinajstić information content (AvgIpc) is 3.31. The fourth-order valence-corrected chi connectivity index (χ4v) is 2.48. The summed E-state index contributed by atoms with van der Waals surface area (Å²) in [7, 11) is 3.42. The number of nitrogens with zero attached hydrogens (tertiary/aromatic N) is 2. The SMILES string of the molecule is CCCNC(C#N)(CN(CCOC)CCOC)C1CC1. The van der Waals surface area contributed by atoms with E-state index in [1.165, 1.54) is 0 Å². The first-order valence-corrected chi connectivity index (χ1v) is 7.59. The Kier molecular flexibility index (Phi) is 8.08. The van der Waals surface area contributed by atoms with Crippen molar-refractivity contribution in [3.8, 4) is 6.07 Å². The van der Waals surface area contributed by atoms with E-state index in [4.69, 9.17) is 9.47 Å². The molecule has 1 saturated carbocycles. The molecule has 0 bridgehead atoms. The molecule has 1 atom stereocenters. The molecular formula is C15H29N3O2. The van der Waals surface area contributed by atoms with Gasteiger partial charge in [-0.15, -0.1) is 0 Å². The van der Waals surface area contributed by atoms with Gasteiger partial charge in [-0.1, -0.05) is 6.92 Å². The normalized spacial score (nSPS) is 17.9. The van der Waals surface area contributed by atoms with Gasteiger partial charge in [0.15, 0.2) is 0 Å². The third kappa shape index (κ3) is 5.37. The molecular weight excluding hydrogens is 254 g/mol. The van der Waals surface area contributed by atoms with Crippen LogP contribution < -0.4 is 5.32 Å². The zero-order chi connectivity index (χ0) is 14.8. The van der Waals surface area contributed by atoms with Gasteiger partial charge in [0.2, 0.25) is 0 Å². The maximum absolute atomic E-state index is 9.71. The second kappa shape index (κ2) is 9.30. The maximum atomic E-state index is 9.71. The summed E-state index contributed by atoms with van der Waals surface area (Å²) in [4.78, 5) is 2.28. The standard InChI is InChI=1S/C15H29N3O2/c1-4-7-17-15(12-16,14-5-6-14)13-18(8-10-19-2)9-11-20-3/h14,17H,4-11,13H2,1-3H3. The molecule has 1 N–H and O–H groups in total. The van der Waals surface area contributed by atoms with Crippen LogP contribution >= 0.6 is 0 Å². The monoisotopic (exact) mass is 283 g/mol. The van der Waals surface area contributed by atoms with Crippen molar-refractivity contribution in [3.63, 3.8) is 0 Å². The average molecular weight is 283 g/mol. The van der Waals surface area contributed by atoms with E-state index in [1.54, 1.807) is 14.2 Å². The molecule has 116 valence electrons. The molecule has 20 heavy (non-hydrogen) atoms. The Bertz CT molecular complexity index is 294. The van der Waals surface area contributed by atoms with Crippen LogP contribution in [0.2, 0.25) is 0 Å². The molecule has 5 heteroatoms. The molecule has 0 saturated heterocycles. The minimum atomic E-state index is -0.405. The second-order valence-corrected chi connectivity index (χ2v) is 5.55. The molecule has 0 aliphatic heterocycles.